The number of hydrogen-bond acceptors (Lipinski definition) is 3. The summed E-state index contributed by atoms with van der Waals surface area (Å²) in [5.41, 5.74) is 7.14. The Hall–Kier alpha value is -1.09. The van der Waals surface area contributed by atoms with E-state index in [-0.39, 0.29) is 0 Å². The van der Waals surface area contributed by atoms with Crippen molar-refractivity contribution in [2.45, 2.75) is 37.7 Å². The minimum atomic E-state index is -0.514. The van der Waals surface area contributed by atoms with Crippen molar-refractivity contribution in [2.24, 2.45) is 11.8 Å². The second-order valence-corrected chi connectivity index (χ2v) is 5.43. The summed E-state index contributed by atoms with van der Waals surface area (Å²) in [7, 11) is 0. The van der Waals surface area contributed by atoms with Crippen LogP contribution in [0.25, 0.3) is 0 Å². The van der Waals surface area contributed by atoms with Crippen molar-refractivity contribution in [2.75, 3.05) is 5.73 Å². The molecule has 2 aliphatic rings. The number of nitrogen functional groups attached to an aromatic ring is 1. The molecule has 3 nitrogen and oxygen atoms in total. The topological polar surface area (TPSA) is 59.1 Å². The molecule has 16 heavy (non-hydrogen) atoms. The summed E-state index contributed by atoms with van der Waals surface area (Å²) in [6.07, 6.45) is 8.80. The highest BCUT2D eigenvalue weighted by atomic mass is 16.3. The monoisotopic (exact) mass is 218 g/mol. The van der Waals surface area contributed by atoms with Crippen LogP contribution in [0.1, 0.15) is 31.2 Å². The van der Waals surface area contributed by atoms with Gasteiger partial charge in [-0.1, -0.05) is 0 Å². The fourth-order valence-electron chi connectivity index (χ4n) is 3.55. The van der Waals surface area contributed by atoms with Gasteiger partial charge in [0, 0.05) is 24.5 Å². The zero-order chi connectivity index (χ0) is 11.2. The van der Waals surface area contributed by atoms with E-state index in [4.69, 9.17) is 5.73 Å². The van der Waals surface area contributed by atoms with Gasteiger partial charge in [-0.25, -0.2) is 0 Å². The molecule has 1 aromatic rings. The molecule has 0 amide bonds. The molecule has 86 valence electrons. The van der Waals surface area contributed by atoms with E-state index in [2.05, 4.69) is 4.98 Å². The second kappa shape index (κ2) is 3.45. The van der Waals surface area contributed by atoms with E-state index in [9.17, 15) is 5.11 Å². The van der Waals surface area contributed by atoms with E-state index in [1.807, 2.05) is 6.07 Å². The van der Waals surface area contributed by atoms with Gasteiger partial charge in [0.05, 0.1) is 5.60 Å². The number of pyridine rings is 1. The van der Waals surface area contributed by atoms with Crippen LogP contribution in [0.3, 0.4) is 0 Å². The Balaban J connectivity index is 1.82. The van der Waals surface area contributed by atoms with Gasteiger partial charge < -0.3 is 10.8 Å². The average Bonchev–Trinajstić information content (AvgIpc) is 2.81. The maximum absolute atomic E-state index is 10.7. The zero-order valence-corrected chi connectivity index (χ0v) is 9.39. The number of hydrogen-bond donors (Lipinski definition) is 2. The molecule has 2 bridgehead atoms. The summed E-state index contributed by atoms with van der Waals surface area (Å²) in [4.78, 5) is 4.09. The first-order chi connectivity index (χ1) is 7.67. The van der Waals surface area contributed by atoms with Crippen molar-refractivity contribution in [1.29, 1.82) is 0 Å². The Morgan fingerprint density at radius 2 is 2.38 bits per heavy atom. The SMILES string of the molecule is Nc1ccncc1CC1(O)CC2CCC1C2. The lowest BCUT2D eigenvalue weighted by Crippen LogP contribution is -2.37. The number of fused-ring (bicyclic) bond motifs is 2. The number of nitrogens with zero attached hydrogens (tertiary/aromatic N) is 1. The van der Waals surface area contributed by atoms with Crippen LogP contribution in [0.2, 0.25) is 0 Å². The molecule has 2 saturated carbocycles. The number of nitrogens with two attached hydrogens (primary N) is 1. The molecule has 0 spiro atoms. The van der Waals surface area contributed by atoms with E-state index in [1.54, 1.807) is 12.4 Å². The van der Waals surface area contributed by atoms with E-state index >= 15 is 0 Å². The standard InChI is InChI=1S/C13H18N2O/c14-12-3-4-15-8-10(12)7-13(16)6-9-1-2-11(13)5-9/h3-4,8-9,11,16H,1-2,5-7H2,(H2,14,15). The molecule has 0 saturated heterocycles. The summed E-state index contributed by atoms with van der Waals surface area (Å²) in [6, 6.07) is 1.81. The summed E-state index contributed by atoms with van der Waals surface area (Å²) in [6.45, 7) is 0. The number of rotatable bonds is 2. The normalized spacial score (nSPS) is 36.8. The van der Waals surface area contributed by atoms with Crippen molar-refractivity contribution < 1.29 is 5.11 Å². The van der Waals surface area contributed by atoms with Crippen LogP contribution in [0.4, 0.5) is 5.69 Å². The highest BCUT2D eigenvalue weighted by molar-refractivity contribution is 5.45. The molecule has 0 aliphatic heterocycles. The first kappa shape index (κ1) is 10.1. The summed E-state index contributed by atoms with van der Waals surface area (Å²) < 4.78 is 0. The molecule has 0 aromatic carbocycles. The van der Waals surface area contributed by atoms with Crippen LogP contribution < -0.4 is 5.73 Å². The van der Waals surface area contributed by atoms with Crippen molar-refractivity contribution in [1.82, 2.24) is 4.98 Å². The molecule has 3 rings (SSSR count). The molecule has 2 aliphatic carbocycles. The Morgan fingerprint density at radius 1 is 1.50 bits per heavy atom. The fraction of sp³-hybridized carbons (Fsp3) is 0.615. The molecular formula is C13H18N2O. The predicted molar refractivity (Wildman–Crippen MR) is 62.8 cm³/mol. The molecule has 3 atom stereocenters. The molecule has 2 fully saturated rings. The zero-order valence-electron chi connectivity index (χ0n) is 9.39. The minimum Gasteiger partial charge on any atom is -0.398 e. The third-order valence-corrected chi connectivity index (χ3v) is 4.38. The maximum atomic E-state index is 10.7. The minimum absolute atomic E-state index is 0.483. The average molecular weight is 218 g/mol. The van der Waals surface area contributed by atoms with Gasteiger partial charge in [0.15, 0.2) is 0 Å². The molecule has 3 N–H and O–H groups in total. The van der Waals surface area contributed by atoms with E-state index in [0.717, 1.165) is 23.6 Å². The highest BCUT2D eigenvalue weighted by Crippen LogP contribution is 2.52. The Morgan fingerprint density at radius 3 is 3.00 bits per heavy atom. The van der Waals surface area contributed by atoms with Crippen molar-refractivity contribution in [3.63, 3.8) is 0 Å². The van der Waals surface area contributed by atoms with Crippen molar-refractivity contribution in [3.8, 4) is 0 Å². The van der Waals surface area contributed by atoms with Gasteiger partial charge in [0.25, 0.3) is 0 Å². The second-order valence-electron chi connectivity index (χ2n) is 5.43. The Kier molecular flexibility index (Phi) is 2.18. The van der Waals surface area contributed by atoms with Crippen LogP contribution >= 0.6 is 0 Å². The van der Waals surface area contributed by atoms with Crippen molar-refractivity contribution in [3.05, 3.63) is 24.0 Å². The quantitative estimate of drug-likeness (QED) is 0.795. The summed E-state index contributed by atoms with van der Waals surface area (Å²) >= 11 is 0. The van der Waals surface area contributed by atoms with Crippen LogP contribution in [0, 0.1) is 11.8 Å². The first-order valence-electron chi connectivity index (χ1n) is 6.08. The van der Waals surface area contributed by atoms with Gasteiger partial charge >= 0.3 is 0 Å². The van der Waals surface area contributed by atoms with Crippen LogP contribution in [0.5, 0.6) is 0 Å². The maximum Gasteiger partial charge on any atom is 0.0720 e. The third-order valence-electron chi connectivity index (χ3n) is 4.38. The molecule has 3 heteroatoms. The van der Waals surface area contributed by atoms with Gasteiger partial charge in [0.2, 0.25) is 0 Å². The molecule has 3 unspecified atom stereocenters. The molecule has 1 aromatic heterocycles. The molecule has 0 radical (unpaired) electrons. The fourth-order valence-corrected chi connectivity index (χ4v) is 3.55. The molecule has 1 heterocycles. The van der Waals surface area contributed by atoms with Gasteiger partial charge in [-0.3, -0.25) is 4.98 Å². The van der Waals surface area contributed by atoms with E-state index in [0.29, 0.717) is 12.3 Å². The number of aliphatic hydroxyl groups is 1. The Bertz CT molecular complexity index is 407. The number of aromatic nitrogens is 1. The predicted octanol–water partition coefficient (Wildman–Crippen LogP) is 1.76. The highest BCUT2D eigenvalue weighted by Gasteiger charge is 2.49. The smallest absolute Gasteiger partial charge is 0.0720 e. The first-order valence-corrected chi connectivity index (χ1v) is 6.08. The van der Waals surface area contributed by atoms with Gasteiger partial charge in [-0.2, -0.15) is 0 Å². The van der Waals surface area contributed by atoms with E-state index < -0.39 is 5.60 Å². The van der Waals surface area contributed by atoms with Crippen LogP contribution in [-0.4, -0.2) is 15.7 Å². The lowest BCUT2D eigenvalue weighted by atomic mass is 9.80. The lowest BCUT2D eigenvalue weighted by molar-refractivity contribution is -0.0124. The largest absolute Gasteiger partial charge is 0.398 e. The third kappa shape index (κ3) is 1.50. The van der Waals surface area contributed by atoms with Crippen LogP contribution in [-0.2, 0) is 6.42 Å². The van der Waals surface area contributed by atoms with Gasteiger partial charge in [-0.05, 0) is 49.1 Å². The lowest BCUT2D eigenvalue weighted by Gasteiger charge is -2.32. The van der Waals surface area contributed by atoms with Crippen LogP contribution in [0.15, 0.2) is 18.5 Å². The number of anilines is 1. The summed E-state index contributed by atoms with van der Waals surface area (Å²) in [5.74, 6) is 1.23. The Labute approximate surface area is 95.7 Å². The van der Waals surface area contributed by atoms with Gasteiger partial charge in [-0.15, -0.1) is 0 Å². The van der Waals surface area contributed by atoms with Crippen molar-refractivity contribution >= 4 is 5.69 Å². The van der Waals surface area contributed by atoms with Gasteiger partial charge in [0.1, 0.15) is 0 Å². The van der Waals surface area contributed by atoms with E-state index in [1.165, 1.54) is 19.3 Å². The molecular weight excluding hydrogens is 200 g/mol. The summed E-state index contributed by atoms with van der Waals surface area (Å²) in [5, 5.41) is 10.7.